The van der Waals surface area contributed by atoms with Gasteiger partial charge in [0.25, 0.3) is 0 Å². The molecule has 0 aliphatic heterocycles. The first kappa shape index (κ1) is 7.36. The molecule has 0 spiro atoms. The molecule has 0 atom stereocenters. The molecule has 2 heteroatoms. The molecular weight excluding hydrogens is 278 g/mol. The van der Waals surface area contributed by atoms with Crippen LogP contribution in [0.3, 0.4) is 0 Å². The Balaban J connectivity index is 0.000000360. The third-order valence-corrected chi connectivity index (χ3v) is 1.34. The van der Waals surface area contributed by atoms with Crippen LogP contribution in [0.5, 0.6) is 0 Å². The van der Waals surface area contributed by atoms with Gasteiger partial charge in [-0.25, -0.2) is 0 Å². The standard InChI is InChI=1S/C5H5S.Re/c1-5-2-3-6-4-5;/h2,4H,1H3;/q-1;. The Morgan fingerprint density at radius 1 is 1.71 bits per heavy atom. The van der Waals surface area contributed by atoms with Crippen LogP contribution < -0.4 is 0 Å². The van der Waals surface area contributed by atoms with E-state index >= 15 is 0 Å². The minimum atomic E-state index is 0. The van der Waals surface area contributed by atoms with E-state index in [9.17, 15) is 0 Å². The van der Waals surface area contributed by atoms with Crippen molar-refractivity contribution in [3.8, 4) is 0 Å². The van der Waals surface area contributed by atoms with Gasteiger partial charge in [0.15, 0.2) is 0 Å². The number of rotatable bonds is 0. The van der Waals surface area contributed by atoms with Crippen molar-refractivity contribution >= 4 is 11.3 Å². The Kier molecular flexibility index (Phi) is 3.55. The maximum absolute atomic E-state index is 2.97. The second-order valence-electron chi connectivity index (χ2n) is 1.24. The fourth-order valence-electron chi connectivity index (χ4n) is 0.288. The van der Waals surface area contributed by atoms with Gasteiger partial charge in [-0.3, -0.25) is 0 Å². The predicted octanol–water partition coefficient (Wildman–Crippen LogP) is 1.85. The Morgan fingerprint density at radius 3 is 2.57 bits per heavy atom. The molecule has 0 nitrogen and oxygen atoms in total. The number of aryl methyl sites for hydroxylation is 1. The Bertz CT molecular complexity index is 112. The molecule has 0 amide bonds. The third-order valence-electron chi connectivity index (χ3n) is 0.599. The minimum Gasteiger partial charge on any atom is -0.304 e. The molecule has 0 aromatic carbocycles. The molecule has 0 saturated carbocycles. The van der Waals surface area contributed by atoms with Crippen molar-refractivity contribution in [2.75, 3.05) is 0 Å². The van der Waals surface area contributed by atoms with Gasteiger partial charge in [0.05, 0.1) is 0 Å². The molecular formula is C5H5ReS-. The van der Waals surface area contributed by atoms with Crippen LogP contribution in [0.1, 0.15) is 5.56 Å². The molecule has 39 valence electrons. The van der Waals surface area contributed by atoms with Crippen molar-refractivity contribution in [2.45, 2.75) is 6.92 Å². The molecule has 1 aromatic rings. The average molecular weight is 283 g/mol. The average Bonchev–Trinajstić information content (AvgIpc) is 1.86. The van der Waals surface area contributed by atoms with Crippen molar-refractivity contribution in [1.29, 1.82) is 0 Å². The van der Waals surface area contributed by atoms with Gasteiger partial charge in [-0.1, -0.05) is 6.92 Å². The fraction of sp³-hybridized carbons (Fsp3) is 0.200. The molecule has 0 unspecified atom stereocenters. The van der Waals surface area contributed by atoms with Crippen molar-refractivity contribution in [2.24, 2.45) is 0 Å². The fourth-order valence-corrected chi connectivity index (χ4v) is 0.864. The summed E-state index contributed by atoms with van der Waals surface area (Å²) in [6.45, 7) is 2.06. The van der Waals surface area contributed by atoms with Crippen LogP contribution in [0.15, 0.2) is 11.4 Å². The van der Waals surface area contributed by atoms with E-state index in [0.29, 0.717) is 0 Å². The first-order valence-corrected chi connectivity index (χ1v) is 2.69. The van der Waals surface area contributed by atoms with E-state index in [0.717, 1.165) is 0 Å². The monoisotopic (exact) mass is 284 g/mol. The molecule has 1 heterocycles. The molecule has 1 radical (unpaired) electrons. The van der Waals surface area contributed by atoms with Crippen LogP contribution in [0.4, 0.5) is 0 Å². The summed E-state index contributed by atoms with van der Waals surface area (Å²) in [7, 11) is 0. The quantitative estimate of drug-likeness (QED) is 0.638. The van der Waals surface area contributed by atoms with Gasteiger partial charge < -0.3 is 11.3 Å². The van der Waals surface area contributed by atoms with Gasteiger partial charge in [-0.15, -0.1) is 5.38 Å². The SMILES string of the molecule is Cc1c[c-]sc1.[Re]. The first-order valence-electron chi connectivity index (χ1n) is 1.81. The number of hydrogen-bond acceptors (Lipinski definition) is 1. The van der Waals surface area contributed by atoms with E-state index in [-0.39, 0.29) is 20.4 Å². The zero-order chi connectivity index (χ0) is 4.41. The maximum atomic E-state index is 2.97. The van der Waals surface area contributed by atoms with E-state index < -0.39 is 0 Å². The molecule has 0 fully saturated rings. The van der Waals surface area contributed by atoms with E-state index in [1.54, 1.807) is 11.3 Å². The van der Waals surface area contributed by atoms with Crippen molar-refractivity contribution in [3.05, 3.63) is 22.4 Å². The van der Waals surface area contributed by atoms with Crippen molar-refractivity contribution in [1.82, 2.24) is 0 Å². The Labute approximate surface area is 61.2 Å². The molecule has 0 aliphatic rings. The molecule has 1 aromatic heterocycles. The van der Waals surface area contributed by atoms with Gasteiger partial charge in [-0.2, -0.15) is 17.0 Å². The summed E-state index contributed by atoms with van der Waals surface area (Å²) in [6.07, 6.45) is 0. The van der Waals surface area contributed by atoms with Crippen molar-refractivity contribution < 1.29 is 20.4 Å². The Hall–Kier alpha value is 0.362. The normalized spacial score (nSPS) is 7.57. The van der Waals surface area contributed by atoms with E-state index in [1.165, 1.54) is 5.56 Å². The molecule has 7 heavy (non-hydrogen) atoms. The van der Waals surface area contributed by atoms with Crippen LogP contribution in [-0.2, 0) is 20.4 Å². The predicted molar refractivity (Wildman–Crippen MR) is 27.9 cm³/mol. The van der Waals surface area contributed by atoms with Gasteiger partial charge >= 0.3 is 0 Å². The summed E-state index contributed by atoms with van der Waals surface area (Å²) in [5.41, 5.74) is 1.31. The minimum absolute atomic E-state index is 0. The summed E-state index contributed by atoms with van der Waals surface area (Å²) in [5.74, 6) is 0. The first-order chi connectivity index (χ1) is 2.89. The van der Waals surface area contributed by atoms with Crippen LogP contribution in [0, 0.1) is 12.3 Å². The molecule has 0 aliphatic carbocycles. The molecule has 1 rings (SSSR count). The van der Waals surface area contributed by atoms with E-state index in [4.69, 9.17) is 0 Å². The molecule has 0 saturated heterocycles. The molecule has 0 N–H and O–H groups in total. The zero-order valence-corrected chi connectivity index (χ0v) is 7.47. The summed E-state index contributed by atoms with van der Waals surface area (Å²) >= 11 is 1.61. The van der Waals surface area contributed by atoms with Gasteiger partial charge in [0.2, 0.25) is 0 Å². The van der Waals surface area contributed by atoms with E-state index in [1.807, 2.05) is 6.07 Å². The van der Waals surface area contributed by atoms with Gasteiger partial charge in [-0.05, 0) is 0 Å². The van der Waals surface area contributed by atoms with E-state index in [2.05, 4.69) is 17.7 Å². The van der Waals surface area contributed by atoms with Crippen LogP contribution in [0.2, 0.25) is 0 Å². The smallest absolute Gasteiger partial charge is 0 e. The largest absolute Gasteiger partial charge is 0.304 e. The van der Waals surface area contributed by atoms with Crippen LogP contribution in [-0.4, -0.2) is 0 Å². The van der Waals surface area contributed by atoms with Gasteiger partial charge in [0.1, 0.15) is 0 Å². The Morgan fingerprint density at radius 2 is 2.43 bits per heavy atom. The van der Waals surface area contributed by atoms with Gasteiger partial charge in [0, 0.05) is 20.4 Å². The summed E-state index contributed by atoms with van der Waals surface area (Å²) < 4.78 is 0. The second-order valence-corrected chi connectivity index (χ2v) is 1.95. The second kappa shape index (κ2) is 3.38. The maximum Gasteiger partial charge on any atom is 0 e. The summed E-state index contributed by atoms with van der Waals surface area (Å²) in [4.78, 5) is 0. The topological polar surface area (TPSA) is 0 Å². The van der Waals surface area contributed by atoms with Crippen LogP contribution in [0.25, 0.3) is 0 Å². The number of thiophene rings is 1. The zero-order valence-electron chi connectivity index (χ0n) is 3.94. The third kappa shape index (κ3) is 2.23. The van der Waals surface area contributed by atoms with Crippen LogP contribution >= 0.6 is 11.3 Å². The number of hydrogen-bond donors (Lipinski definition) is 0. The molecule has 0 bridgehead atoms. The summed E-state index contributed by atoms with van der Waals surface area (Å²) in [5, 5.41) is 5.04. The van der Waals surface area contributed by atoms with Crippen molar-refractivity contribution in [3.63, 3.8) is 0 Å². The summed E-state index contributed by atoms with van der Waals surface area (Å²) in [6, 6.07) is 1.98.